The summed E-state index contributed by atoms with van der Waals surface area (Å²) in [7, 11) is 3.34. The summed E-state index contributed by atoms with van der Waals surface area (Å²) in [5.74, 6) is -0.0364. The molecule has 29 heavy (non-hydrogen) atoms. The van der Waals surface area contributed by atoms with Crippen LogP contribution in [0.2, 0.25) is 0 Å². The van der Waals surface area contributed by atoms with Gasteiger partial charge in [-0.05, 0) is 36.4 Å². The van der Waals surface area contributed by atoms with Crippen LogP contribution in [-0.2, 0) is 18.4 Å². The number of methoxy groups -OCH3 is 1. The molecule has 0 spiro atoms. The fourth-order valence-electron chi connectivity index (χ4n) is 2.32. The highest BCUT2D eigenvalue weighted by molar-refractivity contribution is 7.99. The van der Waals surface area contributed by atoms with Gasteiger partial charge in [0, 0.05) is 13.1 Å². The summed E-state index contributed by atoms with van der Waals surface area (Å²) in [6, 6.07) is 10.1. The minimum Gasteiger partial charge on any atom is -0.497 e. The highest BCUT2D eigenvalue weighted by Gasteiger charge is 2.13. The number of hydrogen-bond donors (Lipinski definition) is 1. The Morgan fingerprint density at radius 3 is 2.55 bits per heavy atom. The van der Waals surface area contributed by atoms with E-state index in [1.165, 1.54) is 6.07 Å². The summed E-state index contributed by atoms with van der Waals surface area (Å²) in [6.07, 6.45) is 0. The van der Waals surface area contributed by atoms with Crippen LogP contribution >= 0.6 is 11.8 Å². The zero-order valence-electron chi connectivity index (χ0n) is 15.7. The zero-order chi connectivity index (χ0) is 20.8. The highest BCUT2D eigenvalue weighted by Crippen LogP contribution is 2.20. The molecule has 0 bridgehead atoms. The second kappa shape index (κ2) is 9.37. The normalized spacial score (nSPS) is 10.6. The van der Waals surface area contributed by atoms with E-state index in [0.717, 1.165) is 23.6 Å². The first kappa shape index (κ1) is 20.6. The van der Waals surface area contributed by atoms with E-state index in [1.54, 1.807) is 43.0 Å². The average Bonchev–Trinajstić information content (AvgIpc) is 3.07. The molecule has 1 aromatic heterocycles. The molecular formula is C19H18F2N4O3S. The van der Waals surface area contributed by atoms with Crippen LogP contribution in [-0.4, -0.2) is 33.5 Å². The molecule has 0 aliphatic heterocycles. The van der Waals surface area contributed by atoms with Crippen LogP contribution in [0, 0.1) is 11.6 Å². The molecule has 0 aliphatic carbocycles. The Labute approximate surface area is 170 Å². The number of halogens is 2. The van der Waals surface area contributed by atoms with Crippen LogP contribution in [0.25, 0.3) is 0 Å². The minimum atomic E-state index is -0.833. The number of rotatable bonds is 8. The van der Waals surface area contributed by atoms with Gasteiger partial charge in [0.05, 0.1) is 18.6 Å². The van der Waals surface area contributed by atoms with Gasteiger partial charge in [-0.2, -0.15) is 0 Å². The molecule has 0 atom stereocenters. The van der Waals surface area contributed by atoms with E-state index in [0.29, 0.717) is 22.8 Å². The molecule has 10 heteroatoms. The number of thioether (sulfide) groups is 1. The molecule has 3 rings (SSSR count). The Balaban J connectivity index is 1.52. The molecular weight excluding hydrogens is 402 g/mol. The lowest BCUT2D eigenvalue weighted by Crippen LogP contribution is -2.15. The fraction of sp³-hybridized carbons (Fsp3) is 0.211. The lowest BCUT2D eigenvalue weighted by atomic mass is 10.3. The van der Waals surface area contributed by atoms with E-state index < -0.39 is 17.5 Å². The van der Waals surface area contributed by atoms with Crippen molar-refractivity contribution in [1.29, 1.82) is 0 Å². The van der Waals surface area contributed by atoms with Crippen molar-refractivity contribution in [2.24, 2.45) is 7.05 Å². The van der Waals surface area contributed by atoms with Gasteiger partial charge in [0.1, 0.15) is 29.7 Å². The smallest absolute Gasteiger partial charge is 0.234 e. The summed E-state index contributed by atoms with van der Waals surface area (Å²) in [4.78, 5) is 12.0. The molecule has 3 aromatic rings. The third-order valence-electron chi connectivity index (χ3n) is 3.89. The Morgan fingerprint density at radius 1 is 1.14 bits per heavy atom. The summed E-state index contributed by atoms with van der Waals surface area (Å²) in [6.45, 7) is 0.198. The predicted octanol–water partition coefficient (Wildman–Crippen LogP) is 3.41. The van der Waals surface area contributed by atoms with Crippen molar-refractivity contribution in [2.75, 3.05) is 18.2 Å². The Bertz CT molecular complexity index is 996. The van der Waals surface area contributed by atoms with E-state index in [2.05, 4.69) is 15.5 Å². The van der Waals surface area contributed by atoms with E-state index in [-0.39, 0.29) is 18.0 Å². The van der Waals surface area contributed by atoms with Crippen molar-refractivity contribution in [2.45, 2.75) is 11.8 Å². The molecule has 0 unspecified atom stereocenters. The number of amides is 1. The second-order valence-electron chi connectivity index (χ2n) is 5.88. The van der Waals surface area contributed by atoms with Crippen molar-refractivity contribution in [3.05, 3.63) is 59.9 Å². The first-order chi connectivity index (χ1) is 14.0. The summed E-state index contributed by atoms with van der Waals surface area (Å²) >= 11 is 1.14. The molecule has 2 aromatic carbocycles. The van der Waals surface area contributed by atoms with Gasteiger partial charge >= 0.3 is 0 Å². The number of aromatic nitrogens is 3. The molecule has 1 amide bonds. The number of hydrogen-bond acceptors (Lipinski definition) is 6. The number of anilines is 1. The van der Waals surface area contributed by atoms with Gasteiger partial charge in [-0.25, -0.2) is 8.78 Å². The lowest BCUT2D eigenvalue weighted by Gasteiger charge is -2.08. The van der Waals surface area contributed by atoms with Crippen LogP contribution in [0.4, 0.5) is 14.5 Å². The molecule has 7 nitrogen and oxygen atoms in total. The third kappa shape index (κ3) is 5.44. The maximum Gasteiger partial charge on any atom is 0.234 e. The van der Waals surface area contributed by atoms with Crippen LogP contribution in [0.3, 0.4) is 0 Å². The third-order valence-corrected chi connectivity index (χ3v) is 4.91. The maximum absolute atomic E-state index is 13.6. The first-order valence-corrected chi connectivity index (χ1v) is 9.47. The standard InChI is InChI=1S/C19H18F2N4O3S/c1-25-17(10-28-14-6-4-13(27-2)5-7-14)23-24-19(25)29-11-18(26)22-16-8-3-12(20)9-15(16)21/h3-9H,10-11H2,1-2H3,(H,22,26). The highest BCUT2D eigenvalue weighted by atomic mass is 32.2. The van der Waals surface area contributed by atoms with Crippen molar-refractivity contribution < 1.29 is 23.0 Å². The lowest BCUT2D eigenvalue weighted by molar-refractivity contribution is -0.113. The number of nitrogens with zero attached hydrogens (tertiary/aromatic N) is 3. The number of nitrogens with one attached hydrogen (secondary N) is 1. The van der Waals surface area contributed by atoms with Crippen molar-refractivity contribution in [1.82, 2.24) is 14.8 Å². The van der Waals surface area contributed by atoms with E-state index in [9.17, 15) is 13.6 Å². The Kier molecular flexibility index (Phi) is 6.65. The minimum absolute atomic E-state index is 0.0118. The van der Waals surface area contributed by atoms with Gasteiger partial charge in [-0.15, -0.1) is 10.2 Å². The molecule has 0 aliphatic rings. The van der Waals surface area contributed by atoms with Crippen LogP contribution in [0.5, 0.6) is 11.5 Å². The number of ether oxygens (including phenoxy) is 2. The largest absolute Gasteiger partial charge is 0.497 e. The molecule has 1 heterocycles. The quantitative estimate of drug-likeness (QED) is 0.563. The SMILES string of the molecule is COc1ccc(OCc2nnc(SCC(=O)Nc3ccc(F)cc3F)n2C)cc1. The van der Waals surface area contributed by atoms with Crippen molar-refractivity contribution >= 4 is 23.4 Å². The first-order valence-electron chi connectivity index (χ1n) is 8.49. The van der Waals surface area contributed by atoms with E-state index >= 15 is 0 Å². The summed E-state index contributed by atoms with van der Waals surface area (Å²) in [5.41, 5.74) is -0.0801. The number of carbonyl (C=O) groups excluding carboxylic acids is 1. The van der Waals surface area contributed by atoms with Crippen molar-refractivity contribution in [3.63, 3.8) is 0 Å². The molecule has 152 valence electrons. The molecule has 0 radical (unpaired) electrons. The van der Waals surface area contributed by atoms with Gasteiger partial charge in [-0.3, -0.25) is 4.79 Å². The summed E-state index contributed by atoms with van der Waals surface area (Å²) in [5, 5.41) is 11.0. The van der Waals surface area contributed by atoms with E-state index in [1.807, 2.05) is 0 Å². The van der Waals surface area contributed by atoms with E-state index in [4.69, 9.17) is 9.47 Å². The Morgan fingerprint density at radius 2 is 1.86 bits per heavy atom. The van der Waals surface area contributed by atoms with Gasteiger partial charge in [0.2, 0.25) is 5.91 Å². The Hall–Kier alpha value is -3.14. The predicted molar refractivity (Wildman–Crippen MR) is 104 cm³/mol. The van der Waals surface area contributed by atoms with Gasteiger partial charge in [0.15, 0.2) is 11.0 Å². The monoisotopic (exact) mass is 420 g/mol. The molecule has 1 N–H and O–H groups in total. The number of benzene rings is 2. The number of carbonyl (C=O) groups is 1. The van der Waals surface area contributed by atoms with Gasteiger partial charge in [0.25, 0.3) is 0 Å². The molecule has 0 saturated heterocycles. The second-order valence-corrected chi connectivity index (χ2v) is 6.83. The topological polar surface area (TPSA) is 78.3 Å². The fourth-order valence-corrected chi connectivity index (χ4v) is 3.05. The van der Waals surface area contributed by atoms with Crippen molar-refractivity contribution in [3.8, 4) is 11.5 Å². The maximum atomic E-state index is 13.6. The summed E-state index contributed by atoms with van der Waals surface area (Å²) < 4.78 is 39.0. The van der Waals surface area contributed by atoms with Crippen LogP contribution in [0.1, 0.15) is 5.82 Å². The zero-order valence-corrected chi connectivity index (χ0v) is 16.5. The molecule has 0 fully saturated rings. The van der Waals surface area contributed by atoms with Gasteiger partial charge in [-0.1, -0.05) is 11.8 Å². The average molecular weight is 420 g/mol. The van der Waals surface area contributed by atoms with Gasteiger partial charge < -0.3 is 19.4 Å². The van der Waals surface area contributed by atoms with Crippen LogP contribution < -0.4 is 14.8 Å². The van der Waals surface area contributed by atoms with Crippen LogP contribution in [0.15, 0.2) is 47.6 Å². The molecule has 0 saturated carbocycles.